The number of rotatable bonds is 5. The van der Waals surface area contributed by atoms with Gasteiger partial charge in [-0.05, 0) is 50.0 Å². The summed E-state index contributed by atoms with van der Waals surface area (Å²) in [7, 11) is 0. The van der Waals surface area contributed by atoms with Gasteiger partial charge in [0.2, 0.25) is 11.8 Å². The molecule has 2 aromatic rings. The van der Waals surface area contributed by atoms with Crippen molar-refractivity contribution in [2.45, 2.75) is 37.8 Å². The van der Waals surface area contributed by atoms with E-state index in [1.54, 1.807) is 24.6 Å². The van der Waals surface area contributed by atoms with E-state index in [2.05, 4.69) is 10.3 Å². The third-order valence-corrected chi connectivity index (χ3v) is 3.89. The molecule has 0 aliphatic heterocycles. The standard InChI is InChI=1S/C18H20N2O3/c21-17(11-10-15-4-3-13-22-15)20-14-6-8-16(9-7-14)23-18-5-1-2-12-19-18/h1-5,10-14,16H,6-9H2,(H,20,21)/b11-10+. The minimum atomic E-state index is -0.0875. The smallest absolute Gasteiger partial charge is 0.244 e. The van der Waals surface area contributed by atoms with Gasteiger partial charge in [0.15, 0.2) is 0 Å². The molecule has 0 unspecified atom stereocenters. The van der Waals surface area contributed by atoms with Gasteiger partial charge in [0, 0.05) is 24.4 Å². The maximum absolute atomic E-state index is 11.9. The summed E-state index contributed by atoms with van der Waals surface area (Å²) in [4.78, 5) is 16.1. The lowest BCUT2D eigenvalue weighted by Gasteiger charge is -2.28. The maximum Gasteiger partial charge on any atom is 0.244 e. The molecule has 0 saturated heterocycles. The second kappa shape index (κ2) is 7.63. The Morgan fingerprint density at radius 3 is 2.78 bits per heavy atom. The Hall–Kier alpha value is -2.56. The predicted octanol–water partition coefficient (Wildman–Crippen LogP) is 3.19. The zero-order chi connectivity index (χ0) is 15.9. The van der Waals surface area contributed by atoms with Crippen LogP contribution in [0.1, 0.15) is 31.4 Å². The molecule has 1 amide bonds. The van der Waals surface area contributed by atoms with Crippen molar-refractivity contribution in [3.05, 3.63) is 54.6 Å². The van der Waals surface area contributed by atoms with Crippen molar-refractivity contribution in [2.75, 3.05) is 0 Å². The topological polar surface area (TPSA) is 64.4 Å². The number of pyridine rings is 1. The van der Waals surface area contributed by atoms with E-state index in [1.807, 2.05) is 24.3 Å². The number of ether oxygens (including phenoxy) is 1. The fraction of sp³-hybridized carbons (Fsp3) is 0.333. The van der Waals surface area contributed by atoms with Crippen LogP contribution in [0.25, 0.3) is 6.08 Å². The lowest BCUT2D eigenvalue weighted by atomic mass is 9.93. The summed E-state index contributed by atoms with van der Waals surface area (Å²) in [5.41, 5.74) is 0. The molecule has 0 spiro atoms. The number of hydrogen-bond acceptors (Lipinski definition) is 4. The largest absolute Gasteiger partial charge is 0.474 e. The van der Waals surface area contributed by atoms with Gasteiger partial charge < -0.3 is 14.5 Å². The summed E-state index contributed by atoms with van der Waals surface area (Å²) >= 11 is 0. The van der Waals surface area contributed by atoms with Crippen LogP contribution in [0, 0.1) is 0 Å². The highest BCUT2D eigenvalue weighted by Gasteiger charge is 2.23. The Kier molecular flexibility index (Phi) is 5.09. The first-order valence-corrected chi connectivity index (χ1v) is 7.89. The van der Waals surface area contributed by atoms with Gasteiger partial charge >= 0.3 is 0 Å². The second-order valence-corrected chi connectivity index (χ2v) is 5.62. The summed E-state index contributed by atoms with van der Waals surface area (Å²) in [5, 5.41) is 3.03. The Labute approximate surface area is 135 Å². The molecule has 1 aliphatic rings. The van der Waals surface area contributed by atoms with Crippen LogP contribution in [-0.4, -0.2) is 23.0 Å². The van der Waals surface area contributed by atoms with Crippen LogP contribution in [0.15, 0.2) is 53.3 Å². The molecule has 5 heteroatoms. The van der Waals surface area contributed by atoms with Gasteiger partial charge in [-0.25, -0.2) is 4.98 Å². The Morgan fingerprint density at radius 2 is 2.09 bits per heavy atom. The van der Waals surface area contributed by atoms with E-state index in [4.69, 9.17) is 9.15 Å². The van der Waals surface area contributed by atoms with Gasteiger partial charge in [-0.2, -0.15) is 0 Å². The van der Waals surface area contributed by atoms with E-state index in [1.165, 1.54) is 6.08 Å². The first kappa shape index (κ1) is 15.3. The lowest BCUT2D eigenvalue weighted by molar-refractivity contribution is -0.117. The zero-order valence-electron chi connectivity index (χ0n) is 12.9. The third kappa shape index (κ3) is 4.71. The van der Waals surface area contributed by atoms with Crippen molar-refractivity contribution < 1.29 is 13.9 Å². The quantitative estimate of drug-likeness (QED) is 0.861. The van der Waals surface area contributed by atoms with Crippen LogP contribution in [0.2, 0.25) is 0 Å². The van der Waals surface area contributed by atoms with Crippen molar-refractivity contribution in [3.8, 4) is 5.88 Å². The minimum absolute atomic E-state index is 0.0875. The highest BCUT2D eigenvalue weighted by molar-refractivity contribution is 5.91. The SMILES string of the molecule is O=C(/C=C/c1ccco1)NC1CCC(Oc2ccccn2)CC1. The summed E-state index contributed by atoms with van der Waals surface area (Å²) in [6.45, 7) is 0. The van der Waals surface area contributed by atoms with Gasteiger partial charge in [-0.15, -0.1) is 0 Å². The van der Waals surface area contributed by atoms with Crippen molar-refractivity contribution in [3.63, 3.8) is 0 Å². The fourth-order valence-electron chi connectivity index (χ4n) is 2.71. The number of aromatic nitrogens is 1. The average Bonchev–Trinajstić information content (AvgIpc) is 3.09. The van der Waals surface area contributed by atoms with Gasteiger partial charge in [0.25, 0.3) is 0 Å². The van der Waals surface area contributed by atoms with E-state index < -0.39 is 0 Å². The summed E-state index contributed by atoms with van der Waals surface area (Å²) in [6, 6.07) is 9.46. The number of furan rings is 1. The second-order valence-electron chi connectivity index (χ2n) is 5.62. The number of carbonyl (C=O) groups is 1. The van der Waals surface area contributed by atoms with Crippen LogP contribution in [0.3, 0.4) is 0 Å². The Balaban J connectivity index is 1.41. The Bertz CT molecular complexity index is 630. The number of amides is 1. The summed E-state index contributed by atoms with van der Waals surface area (Å²) < 4.78 is 11.0. The van der Waals surface area contributed by atoms with E-state index in [0.717, 1.165) is 25.7 Å². The Morgan fingerprint density at radius 1 is 1.22 bits per heavy atom. The number of nitrogens with one attached hydrogen (secondary N) is 1. The maximum atomic E-state index is 11.9. The molecule has 2 aromatic heterocycles. The van der Waals surface area contributed by atoms with Crippen LogP contribution < -0.4 is 10.1 Å². The molecule has 5 nitrogen and oxygen atoms in total. The van der Waals surface area contributed by atoms with E-state index in [0.29, 0.717) is 11.6 Å². The molecular formula is C18H20N2O3. The molecule has 0 aromatic carbocycles. The van der Waals surface area contributed by atoms with Gasteiger partial charge in [-0.3, -0.25) is 4.79 Å². The molecule has 1 saturated carbocycles. The first-order chi connectivity index (χ1) is 11.3. The molecule has 1 N–H and O–H groups in total. The summed E-state index contributed by atoms with van der Waals surface area (Å²) in [5.74, 6) is 1.25. The average molecular weight is 312 g/mol. The zero-order valence-corrected chi connectivity index (χ0v) is 12.9. The van der Waals surface area contributed by atoms with E-state index in [-0.39, 0.29) is 18.1 Å². The van der Waals surface area contributed by atoms with Crippen LogP contribution in [0.5, 0.6) is 5.88 Å². The fourth-order valence-corrected chi connectivity index (χ4v) is 2.71. The van der Waals surface area contributed by atoms with Crippen molar-refractivity contribution in [1.82, 2.24) is 10.3 Å². The molecule has 3 rings (SSSR count). The minimum Gasteiger partial charge on any atom is -0.474 e. The summed E-state index contributed by atoms with van der Waals surface area (Å²) in [6.07, 6.45) is 10.3. The van der Waals surface area contributed by atoms with Crippen LogP contribution in [-0.2, 0) is 4.79 Å². The highest BCUT2D eigenvalue weighted by atomic mass is 16.5. The van der Waals surface area contributed by atoms with Crippen molar-refractivity contribution in [2.24, 2.45) is 0 Å². The molecular weight excluding hydrogens is 292 g/mol. The van der Waals surface area contributed by atoms with Gasteiger partial charge in [0.05, 0.1) is 6.26 Å². The molecule has 0 atom stereocenters. The molecule has 1 fully saturated rings. The van der Waals surface area contributed by atoms with Gasteiger partial charge in [-0.1, -0.05) is 6.07 Å². The molecule has 0 radical (unpaired) electrons. The highest BCUT2D eigenvalue weighted by Crippen LogP contribution is 2.22. The van der Waals surface area contributed by atoms with Gasteiger partial charge in [0.1, 0.15) is 11.9 Å². The van der Waals surface area contributed by atoms with E-state index >= 15 is 0 Å². The van der Waals surface area contributed by atoms with Crippen LogP contribution in [0.4, 0.5) is 0 Å². The number of carbonyl (C=O) groups excluding carboxylic acids is 1. The van der Waals surface area contributed by atoms with Crippen molar-refractivity contribution >= 4 is 12.0 Å². The monoisotopic (exact) mass is 312 g/mol. The number of nitrogens with zero attached hydrogens (tertiary/aromatic N) is 1. The van der Waals surface area contributed by atoms with Crippen molar-refractivity contribution in [1.29, 1.82) is 0 Å². The predicted molar refractivity (Wildman–Crippen MR) is 86.8 cm³/mol. The lowest BCUT2D eigenvalue weighted by Crippen LogP contribution is -2.39. The molecule has 2 heterocycles. The molecule has 23 heavy (non-hydrogen) atoms. The molecule has 1 aliphatic carbocycles. The van der Waals surface area contributed by atoms with E-state index in [9.17, 15) is 4.79 Å². The molecule has 0 bridgehead atoms. The normalized spacial score (nSPS) is 21.2. The third-order valence-electron chi connectivity index (χ3n) is 3.89. The van der Waals surface area contributed by atoms with Crippen LogP contribution >= 0.6 is 0 Å². The number of hydrogen-bond donors (Lipinski definition) is 1. The molecule has 120 valence electrons. The first-order valence-electron chi connectivity index (χ1n) is 7.89.